The number of carbonyl (C=O) groups excluding carboxylic acids is 3. The SMILES string of the molecule is Cc1ccc(NC(=O)COC(=O)CCNC(=O)OC(C)(C)C)c(Br)c1. The molecule has 25 heavy (non-hydrogen) atoms. The fraction of sp³-hybridized carbons (Fsp3) is 0.471. The normalized spacial score (nSPS) is 10.8. The summed E-state index contributed by atoms with van der Waals surface area (Å²) in [6.45, 7) is 6.83. The number of anilines is 1. The molecule has 138 valence electrons. The smallest absolute Gasteiger partial charge is 0.407 e. The molecule has 0 bridgehead atoms. The van der Waals surface area contributed by atoms with Crippen molar-refractivity contribution in [3.63, 3.8) is 0 Å². The van der Waals surface area contributed by atoms with Crippen molar-refractivity contribution in [2.24, 2.45) is 0 Å². The zero-order valence-corrected chi connectivity index (χ0v) is 16.4. The number of aryl methyl sites for hydroxylation is 1. The van der Waals surface area contributed by atoms with Gasteiger partial charge in [-0.2, -0.15) is 0 Å². The van der Waals surface area contributed by atoms with Crippen LogP contribution in [0.4, 0.5) is 10.5 Å². The van der Waals surface area contributed by atoms with Crippen LogP contribution in [0.1, 0.15) is 32.8 Å². The first-order chi connectivity index (χ1) is 11.6. The molecule has 0 aliphatic rings. The van der Waals surface area contributed by atoms with Gasteiger partial charge in [0.15, 0.2) is 6.61 Å². The van der Waals surface area contributed by atoms with E-state index in [1.54, 1.807) is 26.8 Å². The van der Waals surface area contributed by atoms with Gasteiger partial charge in [-0.15, -0.1) is 0 Å². The molecular formula is C17H23BrN2O5. The zero-order chi connectivity index (χ0) is 19.0. The standard InChI is InChI=1S/C17H23BrN2O5/c1-11-5-6-13(12(18)9-11)20-14(21)10-24-15(22)7-8-19-16(23)25-17(2,3)4/h5-6,9H,7-8,10H2,1-4H3,(H,19,23)(H,20,21). The van der Waals surface area contributed by atoms with E-state index in [4.69, 9.17) is 9.47 Å². The van der Waals surface area contributed by atoms with E-state index in [2.05, 4.69) is 26.6 Å². The molecule has 0 aromatic heterocycles. The monoisotopic (exact) mass is 414 g/mol. The number of benzene rings is 1. The summed E-state index contributed by atoms with van der Waals surface area (Å²) in [5.41, 5.74) is 1.04. The molecule has 0 aliphatic carbocycles. The zero-order valence-electron chi connectivity index (χ0n) is 14.8. The fourth-order valence-corrected chi connectivity index (χ4v) is 2.30. The Morgan fingerprint density at radius 2 is 1.88 bits per heavy atom. The lowest BCUT2D eigenvalue weighted by molar-refractivity contribution is -0.147. The first kappa shape index (κ1) is 21.0. The van der Waals surface area contributed by atoms with Gasteiger partial charge in [0.1, 0.15) is 5.60 Å². The first-order valence-corrected chi connectivity index (χ1v) is 8.54. The van der Waals surface area contributed by atoms with E-state index >= 15 is 0 Å². The Hall–Kier alpha value is -2.09. The minimum atomic E-state index is -0.609. The van der Waals surface area contributed by atoms with E-state index in [0.29, 0.717) is 5.69 Å². The van der Waals surface area contributed by atoms with Crippen molar-refractivity contribution < 1.29 is 23.9 Å². The maximum Gasteiger partial charge on any atom is 0.407 e. The number of amides is 2. The van der Waals surface area contributed by atoms with Gasteiger partial charge in [0.25, 0.3) is 5.91 Å². The van der Waals surface area contributed by atoms with Gasteiger partial charge < -0.3 is 20.1 Å². The molecule has 2 amide bonds. The number of hydrogen-bond acceptors (Lipinski definition) is 5. The third kappa shape index (κ3) is 9.09. The molecule has 1 rings (SSSR count). The third-order valence-corrected chi connectivity index (χ3v) is 3.42. The minimum absolute atomic E-state index is 0.0548. The number of hydrogen-bond donors (Lipinski definition) is 2. The van der Waals surface area contributed by atoms with Crippen molar-refractivity contribution in [2.45, 2.75) is 39.7 Å². The minimum Gasteiger partial charge on any atom is -0.456 e. The molecule has 8 heteroatoms. The molecule has 0 heterocycles. The fourth-order valence-electron chi connectivity index (χ4n) is 1.71. The van der Waals surface area contributed by atoms with Crippen molar-refractivity contribution in [1.29, 1.82) is 0 Å². The molecule has 0 unspecified atom stereocenters. The van der Waals surface area contributed by atoms with E-state index in [1.165, 1.54) is 0 Å². The van der Waals surface area contributed by atoms with Crippen LogP contribution in [0.2, 0.25) is 0 Å². The average Bonchev–Trinajstić information content (AvgIpc) is 2.46. The lowest BCUT2D eigenvalue weighted by atomic mass is 10.2. The summed E-state index contributed by atoms with van der Waals surface area (Å²) in [5.74, 6) is -1.04. The van der Waals surface area contributed by atoms with Gasteiger partial charge in [-0.3, -0.25) is 9.59 Å². The van der Waals surface area contributed by atoms with Gasteiger partial charge in [-0.25, -0.2) is 4.79 Å². The summed E-state index contributed by atoms with van der Waals surface area (Å²) in [5, 5.41) is 5.08. The molecule has 7 nitrogen and oxygen atoms in total. The summed E-state index contributed by atoms with van der Waals surface area (Å²) >= 11 is 3.35. The average molecular weight is 415 g/mol. The molecule has 0 radical (unpaired) electrons. The van der Waals surface area contributed by atoms with Crippen LogP contribution in [0, 0.1) is 6.92 Å². The summed E-state index contributed by atoms with van der Waals surface area (Å²) in [7, 11) is 0. The Bertz CT molecular complexity index is 640. The molecule has 0 saturated heterocycles. The highest BCUT2D eigenvalue weighted by molar-refractivity contribution is 9.10. The van der Waals surface area contributed by atoms with Crippen LogP contribution < -0.4 is 10.6 Å². The Morgan fingerprint density at radius 1 is 1.20 bits per heavy atom. The molecule has 0 saturated carbocycles. The number of nitrogens with one attached hydrogen (secondary N) is 2. The van der Waals surface area contributed by atoms with Crippen LogP contribution in [0.3, 0.4) is 0 Å². The van der Waals surface area contributed by atoms with E-state index in [9.17, 15) is 14.4 Å². The third-order valence-electron chi connectivity index (χ3n) is 2.76. The molecule has 1 aromatic carbocycles. The van der Waals surface area contributed by atoms with Crippen LogP contribution in [0.15, 0.2) is 22.7 Å². The van der Waals surface area contributed by atoms with Gasteiger partial charge in [0.05, 0.1) is 12.1 Å². The lowest BCUT2D eigenvalue weighted by Crippen LogP contribution is -2.34. The molecule has 1 aromatic rings. The lowest BCUT2D eigenvalue weighted by Gasteiger charge is -2.19. The van der Waals surface area contributed by atoms with Gasteiger partial charge in [-0.05, 0) is 61.3 Å². The van der Waals surface area contributed by atoms with Crippen molar-refractivity contribution in [3.05, 3.63) is 28.2 Å². The quantitative estimate of drug-likeness (QED) is 0.697. The highest BCUT2D eigenvalue weighted by atomic mass is 79.9. The van der Waals surface area contributed by atoms with E-state index in [0.717, 1.165) is 10.0 Å². The largest absolute Gasteiger partial charge is 0.456 e. The van der Waals surface area contributed by atoms with E-state index < -0.39 is 30.2 Å². The number of alkyl carbamates (subject to hydrolysis) is 1. The van der Waals surface area contributed by atoms with Gasteiger partial charge in [0.2, 0.25) is 0 Å². The Morgan fingerprint density at radius 3 is 2.48 bits per heavy atom. The van der Waals surface area contributed by atoms with Gasteiger partial charge >= 0.3 is 12.1 Å². The second kappa shape index (κ2) is 9.41. The van der Waals surface area contributed by atoms with Crippen LogP contribution in [0.25, 0.3) is 0 Å². The van der Waals surface area contributed by atoms with Crippen molar-refractivity contribution >= 4 is 39.6 Å². The number of carbonyl (C=O) groups is 3. The predicted molar refractivity (Wildman–Crippen MR) is 97.3 cm³/mol. The Balaban J connectivity index is 2.27. The van der Waals surface area contributed by atoms with Crippen LogP contribution in [-0.2, 0) is 19.1 Å². The molecule has 0 aliphatic heterocycles. The molecule has 0 fully saturated rings. The summed E-state index contributed by atoms with van der Waals surface area (Å²) in [6, 6.07) is 5.47. The number of ether oxygens (including phenoxy) is 2. The van der Waals surface area contributed by atoms with Crippen molar-refractivity contribution in [3.8, 4) is 0 Å². The van der Waals surface area contributed by atoms with Gasteiger partial charge in [0, 0.05) is 11.0 Å². The predicted octanol–water partition coefficient (Wildman–Crippen LogP) is 3.15. The Kier molecular flexibility index (Phi) is 7.89. The number of rotatable bonds is 6. The summed E-state index contributed by atoms with van der Waals surface area (Å²) in [6.07, 6.45) is -0.664. The van der Waals surface area contributed by atoms with Crippen molar-refractivity contribution in [1.82, 2.24) is 5.32 Å². The Labute approximate surface area is 155 Å². The van der Waals surface area contributed by atoms with E-state index in [-0.39, 0.29) is 13.0 Å². The second-order valence-corrected chi connectivity index (χ2v) is 7.23. The van der Waals surface area contributed by atoms with Crippen LogP contribution >= 0.6 is 15.9 Å². The van der Waals surface area contributed by atoms with Gasteiger partial charge in [-0.1, -0.05) is 6.07 Å². The van der Waals surface area contributed by atoms with Crippen LogP contribution in [0.5, 0.6) is 0 Å². The highest BCUT2D eigenvalue weighted by Crippen LogP contribution is 2.23. The number of esters is 1. The maximum atomic E-state index is 11.8. The van der Waals surface area contributed by atoms with Crippen LogP contribution in [-0.4, -0.2) is 36.7 Å². The summed E-state index contributed by atoms with van der Waals surface area (Å²) in [4.78, 5) is 34.8. The topological polar surface area (TPSA) is 93.7 Å². The molecular weight excluding hydrogens is 392 g/mol. The maximum absolute atomic E-state index is 11.8. The highest BCUT2D eigenvalue weighted by Gasteiger charge is 2.16. The second-order valence-electron chi connectivity index (χ2n) is 6.37. The van der Waals surface area contributed by atoms with Crippen molar-refractivity contribution in [2.75, 3.05) is 18.5 Å². The number of halogens is 1. The molecule has 2 N–H and O–H groups in total. The first-order valence-electron chi connectivity index (χ1n) is 7.75. The van der Waals surface area contributed by atoms with E-state index in [1.807, 2.05) is 19.1 Å². The summed E-state index contributed by atoms with van der Waals surface area (Å²) < 4.78 is 10.6. The molecule has 0 spiro atoms. The molecule has 0 atom stereocenters.